The Morgan fingerprint density at radius 1 is 1.60 bits per heavy atom. The van der Waals surface area contributed by atoms with E-state index in [0.29, 0.717) is 5.25 Å². The van der Waals surface area contributed by atoms with E-state index in [2.05, 4.69) is 4.90 Å². The molecule has 0 radical (unpaired) electrons. The van der Waals surface area contributed by atoms with E-state index >= 15 is 0 Å². The zero-order valence-electron chi connectivity index (χ0n) is 8.26. The molecule has 1 aromatic heterocycles. The molecule has 0 amide bonds. The molecule has 1 aromatic rings. The van der Waals surface area contributed by atoms with Gasteiger partial charge in [-0.1, -0.05) is 0 Å². The van der Waals surface area contributed by atoms with Crippen LogP contribution in [0.5, 0.6) is 0 Å². The van der Waals surface area contributed by atoms with Crippen molar-refractivity contribution in [3.63, 3.8) is 0 Å². The van der Waals surface area contributed by atoms with Crippen molar-refractivity contribution in [2.75, 3.05) is 30.3 Å². The van der Waals surface area contributed by atoms with E-state index in [4.69, 9.17) is 5.11 Å². The number of carbonyl (C=O) groups excluding carboxylic acids is 1. The molecule has 1 unspecified atom stereocenters. The molecule has 1 saturated heterocycles. The average Bonchev–Trinajstić information content (AvgIpc) is 2.78. The summed E-state index contributed by atoms with van der Waals surface area (Å²) in [6.07, 6.45) is 0.885. The molecule has 0 aliphatic carbocycles. The SMILES string of the molecule is O=Cc1ccc(N2CCSC(CO)C2)s1. The second-order valence-electron chi connectivity index (χ2n) is 3.42. The third kappa shape index (κ3) is 2.53. The van der Waals surface area contributed by atoms with Gasteiger partial charge in [0.15, 0.2) is 6.29 Å². The lowest BCUT2D eigenvalue weighted by atomic mass is 10.3. The maximum Gasteiger partial charge on any atom is 0.160 e. The molecule has 1 fully saturated rings. The minimum Gasteiger partial charge on any atom is -0.395 e. The predicted molar refractivity (Wildman–Crippen MR) is 65.3 cm³/mol. The van der Waals surface area contributed by atoms with E-state index in [1.54, 1.807) is 0 Å². The van der Waals surface area contributed by atoms with Crippen LogP contribution in [0.25, 0.3) is 0 Å². The summed E-state index contributed by atoms with van der Waals surface area (Å²) in [5.74, 6) is 1.04. The Balaban J connectivity index is 2.06. The molecule has 1 aliphatic heterocycles. The summed E-state index contributed by atoms with van der Waals surface area (Å²) in [5.41, 5.74) is 0. The van der Waals surface area contributed by atoms with Crippen LogP contribution in [0.2, 0.25) is 0 Å². The fourth-order valence-electron chi connectivity index (χ4n) is 1.61. The molecule has 2 heterocycles. The van der Waals surface area contributed by atoms with Gasteiger partial charge in [0.25, 0.3) is 0 Å². The highest BCUT2D eigenvalue weighted by atomic mass is 32.2. The van der Waals surface area contributed by atoms with Crippen LogP contribution in [0.15, 0.2) is 12.1 Å². The molecule has 0 saturated carbocycles. The monoisotopic (exact) mass is 243 g/mol. The van der Waals surface area contributed by atoms with Gasteiger partial charge in [0.1, 0.15) is 0 Å². The predicted octanol–water partition coefficient (Wildman–Crippen LogP) is 1.47. The Kier molecular flexibility index (Phi) is 3.66. The van der Waals surface area contributed by atoms with E-state index < -0.39 is 0 Å². The first-order valence-corrected chi connectivity index (χ1v) is 6.72. The average molecular weight is 243 g/mol. The smallest absolute Gasteiger partial charge is 0.160 e. The van der Waals surface area contributed by atoms with Gasteiger partial charge in [-0.25, -0.2) is 0 Å². The summed E-state index contributed by atoms with van der Waals surface area (Å²) in [6.45, 7) is 2.10. The quantitative estimate of drug-likeness (QED) is 0.816. The molecule has 3 nitrogen and oxygen atoms in total. The van der Waals surface area contributed by atoms with Gasteiger partial charge in [0.05, 0.1) is 16.5 Å². The van der Waals surface area contributed by atoms with Gasteiger partial charge >= 0.3 is 0 Å². The molecule has 15 heavy (non-hydrogen) atoms. The molecule has 2 rings (SSSR count). The van der Waals surface area contributed by atoms with Gasteiger partial charge in [-0.2, -0.15) is 11.8 Å². The van der Waals surface area contributed by atoms with Crippen LogP contribution in [0.1, 0.15) is 9.67 Å². The third-order valence-electron chi connectivity index (χ3n) is 2.38. The molecule has 0 spiro atoms. The van der Waals surface area contributed by atoms with E-state index in [9.17, 15) is 4.79 Å². The molecular weight excluding hydrogens is 230 g/mol. The zero-order valence-corrected chi connectivity index (χ0v) is 9.89. The number of rotatable bonds is 3. The molecule has 1 N–H and O–H groups in total. The van der Waals surface area contributed by atoms with Crippen molar-refractivity contribution in [1.82, 2.24) is 0 Å². The molecule has 5 heteroatoms. The fraction of sp³-hybridized carbons (Fsp3) is 0.500. The minimum atomic E-state index is 0.229. The van der Waals surface area contributed by atoms with Crippen molar-refractivity contribution < 1.29 is 9.90 Å². The number of thiophene rings is 1. The molecule has 82 valence electrons. The van der Waals surface area contributed by atoms with Gasteiger partial charge in [0, 0.05) is 24.1 Å². The summed E-state index contributed by atoms with van der Waals surface area (Å²) in [7, 11) is 0. The standard InChI is InChI=1S/C10H13NO2S2/c12-6-8-1-2-10(15-8)11-3-4-14-9(5-11)7-13/h1-2,6,9,13H,3-5,7H2. The number of hydrogen-bond donors (Lipinski definition) is 1. The Morgan fingerprint density at radius 2 is 2.47 bits per heavy atom. The van der Waals surface area contributed by atoms with Crippen molar-refractivity contribution in [2.45, 2.75) is 5.25 Å². The van der Waals surface area contributed by atoms with E-state index in [1.165, 1.54) is 11.3 Å². The van der Waals surface area contributed by atoms with E-state index in [-0.39, 0.29) is 6.61 Å². The number of anilines is 1. The molecule has 1 atom stereocenters. The van der Waals surface area contributed by atoms with Crippen LogP contribution >= 0.6 is 23.1 Å². The highest BCUT2D eigenvalue weighted by molar-refractivity contribution is 8.00. The van der Waals surface area contributed by atoms with Gasteiger partial charge in [-0.05, 0) is 12.1 Å². The second-order valence-corrected chi connectivity index (χ2v) is 5.92. The molecule has 0 bridgehead atoms. The zero-order chi connectivity index (χ0) is 10.7. The van der Waals surface area contributed by atoms with Crippen molar-refractivity contribution in [1.29, 1.82) is 0 Å². The number of hydrogen-bond acceptors (Lipinski definition) is 5. The largest absolute Gasteiger partial charge is 0.395 e. The second kappa shape index (κ2) is 5.01. The lowest BCUT2D eigenvalue weighted by molar-refractivity contribution is 0.112. The first-order valence-electron chi connectivity index (χ1n) is 4.86. The summed E-state index contributed by atoms with van der Waals surface area (Å²) in [5, 5.41) is 10.5. The Bertz CT molecular complexity index is 340. The van der Waals surface area contributed by atoms with E-state index in [0.717, 1.165) is 35.0 Å². The number of carbonyl (C=O) groups is 1. The van der Waals surface area contributed by atoms with Crippen LogP contribution < -0.4 is 4.90 Å². The number of aliphatic hydroxyl groups excluding tert-OH is 1. The number of aldehydes is 1. The lowest BCUT2D eigenvalue weighted by Gasteiger charge is -2.32. The molecular formula is C10H13NO2S2. The van der Waals surface area contributed by atoms with Gasteiger partial charge < -0.3 is 10.0 Å². The number of aliphatic hydroxyl groups is 1. The molecule has 1 aliphatic rings. The number of thioether (sulfide) groups is 1. The van der Waals surface area contributed by atoms with Crippen LogP contribution in [-0.4, -0.2) is 42.1 Å². The topological polar surface area (TPSA) is 40.5 Å². The Hall–Kier alpha value is -0.520. The van der Waals surface area contributed by atoms with Crippen molar-refractivity contribution in [3.05, 3.63) is 17.0 Å². The van der Waals surface area contributed by atoms with Gasteiger partial charge in [-0.15, -0.1) is 11.3 Å². The maximum atomic E-state index is 10.6. The first-order chi connectivity index (χ1) is 7.33. The third-order valence-corrected chi connectivity index (χ3v) is 4.64. The summed E-state index contributed by atoms with van der Waals surface area (Å²) in [6, 6.07) is 3.83. The minimum absolute atomic E-state index is 0.229. The van der Waals surface area contributed by atoms with E-state index in [1.807, 2.05) is 23.9 Å². The van der Waals surface area contributed by atoms with Crippen LogP contribution in [-0.2, 0) is 0 Å². The van der Waals surface area contributed by atoms with Crippen LogP contribution in [0.3, 0.4) is 0 Å². The first kappa shape index (κ1) is 11.0. The van der Waals surface area contributed by atoms with Gasteiger partial charge in [0.2, 0.25) is 0 Å². The fourth-order valence-corrected chi connectivity index (χ4v) is 3.51. The van der Waals surface area contributed by atoms with Crippen LogP contribution in [0, 0.1) is 0 Å². The van der Waals surface area contributed by atoms with Crippen molar-refractivity contribution >= 4 is 34.4 Å². The maximum absolute atomic E-state index is 10.6. The Morgan fingerprint density at radius 3 is 3.13 bits per heavy atom. The van der Waals surface area contributed by atoms with Crippen LogP contribution in [0.4, 0.5) is 5.00 Å². The molecule has 0 aromatic carbocycles. The van der Waals surface area contributed by atoms with Crippen molar-refractivity contribution in [3.8, 4) is 0 Å². The van der Waals surface area contributed by atoms with Crippen molar-refractivity contribution in [2.24, 2.45) is 0 Å². The number of nitrogens with zero attached hydrogens (tertiary/aromatic N) is 1. The Labute approximate surface area is 97.1 Å². The highest BCUT2D eigenvalue weighted by Gasteiger charge is 2.20. The summed E-state index contributed by atoms with van der Waals surface area (Å²) < 4.78 is 0. The normalized spacial score (nSPS) is 21.7. The van der Waals surface area contributed by atoms with Gasteiger partial charge in [-0.3, -0.25) is 4.79 Å². The lowest BCUT2D eigenvalue weighted by Crippen LogP contribution is -2.38. The highest BCUT2D eigenvalue weighted by Crippen LogP contribution is 2.29. The summed E-state index contributed by atoms with van der Waals surface area (Å²) in [4.78, 5) is 13.6. The summed E-state index contributed by atoms with van der Waals surface area (Å²) >= 11 is 3.34.